The molecule has 9 nitrogen and oxygen atoms in total. The van der Waals surface area contributed by atoms with E-state index in [1.54, 1.807) is 18.2 Å². The third-order valence-electron chi connectivity index (χ3n) is 7.20. The van der Waals surface area contributed by atoms with Crippen LogP contribution in [0.2, 0.25) is 0 Å². The molecule has 2 aliphatic rings. The number of ketones is 1. The maximum absolute atomic E-state index is 14.5. The number of rotatable bonds is 12. The average molecular weight is 557 g/mol. The van der Waals surface area contributed by atoms with Crippen LogP contribution in [0, 0.1) is 5.82 Å². The molecule has 4 rings (SSSR count). The molecule has 216 valence electrons. The number of morpholine rings is 1. The molecular weight excluding hydrogens is 519 g/mol. The molecule has 2 saturated heterocycles. The molecule has 1 atom stereocenters. The normalized spacial score (nSPS) is 19.2. The molecule has 2 aromatic rings. The van der Waals surface area contributed by atoms with Gasteiger partial charge < -0.3 is 29.0 Å². The van der Waals surface area contributed by atoms with Crippen molar-refractivity contribution in [2.24, 2.45) is 0 Å². The van der Waals surface area contributed by atoms with Crippen molar-refractivity contribution in [2.75, 3.05) is 60.2 Å². The lowest BCUT2D eigenvalue weighted by molar-refractivity contribution is -0.140. The summed E-state index contributed by atoms with van der Waals surface area (Å²) in [4.78, 5) is 30.4. The Bertz CT molecular complexity index is 1240. The van der Waals surface area contributed by atoms with Crippen LogP contribution in [0.4, 0.5) is 4.39 Å². The van der Waals surface area contributed by atoms with Crippen LogP contribution in [0.5, 0.6) is 17.2 Å². The van der Waals surface area contributed by atoms with Crippen LogP contribution < -0.4 is 14.2 Å². The minimum atomic E-state index is -0.895. The van der Waals surface area contributed by atoms with Crippen molar-refractivity contribution >= 4 is 17.4 Å². The zero-order valence-corrected chi connectivity index (χ0v) is 23.3. The third kappa shape index (κ3) is 6.39. The molecule has 10 heteroatoms. The van der Waals surface area contributed by atoms with Crippen molar-refractivity contribution in [3.05, 3.63) is 58.9 Å². The number of Topliss-reactive ketones (excluding diaryl/α,β-unsaturated/α-hetero) is 1. The number of methoxy groups -OCH3 is 2. The molecule has 0 radical (unpaired) electrons. The number of hydrogen-bond donors (Lipinski definition) is 1. The van der Waals surface area contributed by atoms with Gasteiger partial charge in [0.15, 0.2) is 23.1 Å². The monoisotopic (exact) mass is 556 g/mol. The fourth-order valence-corrected chi connectivity index (χ4v) is 5.02. The predicted molar refractivity (Wildman–Crippen MR) is 147 cm³/mol. The summed E-state index contributed by atoms with van der Waals surface area (Å²) in [6, 6.07) is 8.22. The van der Waals surface area contributed by atoms with E-state index in [2.05, 4.69) is 11.8 Å². The lowest BCUT2D eigenvalue weighted by Gasteiger charge is -2.29. The van der Waals surface area contributed by atoms with E-state index in [9.17, 15) is 19.1 Å². The van der Waals surface area contributed by atoms with Crippen LogP contribution in [0.15, 0.2) is 42.0 Å². The highest BCUT2D eigenvalue weighted by Gasteiger charge is 2.46. The average Bonchev–Trinajstić information content (AvgIpc) is 3.22. The van der Waals surface area contributed by atoms with Gasteiger partial charge in [0.25, 0.3) is 11.7 Å². The highest BCUT2D eigenvalue weighted by molar-refractivity contribution is 6.46. The van der Waals surface area contributed by atoms with Gasteiger partial charge in [-0.05, 0) is 48.7 Å². The van der Waals surface area contributed by atoms with Gasteiger partial charge in [0.05, 0.1) is 45.7 Å². The standard InChI is InChI=1S/C30H37FN2O7/c1-4-5-15-40-24-10-7-20(19-25(24)38-3)27-26(28(34)21-8-9-23(37-2)22(31)18-21)29(35)30(36)33(27)12-6-11-32-13-16-39-17-14-32/h7-10,18-19,27,34H,4-6,11-17H2,1-3H3/t27-/m1/s1. The van der Waals surface area contributed by atoms with Crippen molar-refractivity contribution in [3.63, 3.8) is 0 Å². The first-order valence-electron chi connectivity index (χ1n) is 13.6. The topological polar surface area (TPSA) is 97.8 Å². The van der Waals surface area contributed by atoms with Gasteiger partial charge >= 0.3 is 0 Å². The van der Waals surface area contributed by atoms with Gasteiger partial charge in [0.1, 0.15) is 5.76 Å². The highest BCUT2D eigenvalue weighted by Crippen LogP contribution is 2.42. The number of nitrogens with zero attached hydrogens (tertiary/aromatic N) is 2. The van der Waals surface area contributed by atoms with Gasteiger partial charge in [-0.2, -0.15) is 0 Å². The lowest BCUT2D eigenvalue weighted by atomic mass is 9.94. The molecule has 0 saturated carbocycles. The SMILES string of the molecule is CCCCOc1ccc([C@@H]2C(=C(O)c3ccc(OC)c(F)c3)C(=O)C(=O)N2CCCN2CCOCC2)cc1OC. The number of unbranched alkanes of at least 4 members (excludes halogenated alkanes) is 1. The Morgan fingerprint density at radius 1 is 1.00 bits per heavy atom. The number of hydrogen-bond acceptors (Lipinski definition) is 8. The van der Waals surface area contributed by atoms with Gasteiger partial charge in [-0.25, -0.2) is 4.39 Å². The summed E-state index contributed by atoms with van der Waals surface area (Å²) in [7, 11) is 2.86. The molecule has 1 N–H and O–H groups in total. The predicted octanol–water partition coefficient (Wildman–Crippen LogP) is 4.17. The number of benzene rings is 2. The summed E-state index contributed by atoms with van der Waals surface area (Å²) < 4.78 is 36.3. The van der Waals surface area contributed by atoms with Gasteiger partial charge in [-0.3, -0.25) is 14.5 Å². The van der Waals surface area contributed by atoms with Crippen LogP contribution in [0.3, 0.4) is 0 Å². The van der Waals surface area contributed by atoms with E-state index in [0.29, 0.717) is 43.3 Å². The molecule has 0 aromatic heterocycles. The number of ether oxygens (including phenoxy) is 4. The number of halogens is 1. The van der Waals surface area contributed by atoms with Crippen molar-refractivity contribution in [2.45, 2.75) is 32.2 Å². The van der Waals surface area contributed by atoms with Gasteiger partial charge in [0.2, 0.25) is 0 Å². The summed E-state index contributed by atoms with van der Waals surface area (Å²) in [6.07, 6.45) is 2.48. The Balaban J connectivity index is 1.72. The van der Waals surface area contributed by atoms with Crippen molar-refractivity contribution in [1.29, 1.82) is 0 Å². The van der Waals surface area contributed by atoms with Gasteiger partial charge in [0, 0.05) is 31.7 Å². The van der Waals surface area contributed by atoms with Crippen LogP contribution in [0.1, 0.15) is 43.4 Å². The second-order valence-corrected chi connectivity index (χ2v) is 9.76. The molecule has 2 aromatic carbocycles. The first-order chi connectivity index (χ1) is 19.4. The molecule has 0 unspecified atom stereocenters. The highest BCUT2D eigenvalue weighted by atomic mass is 19.1. The Labute approximate surface area is 234 Å². The minimum Gasteiger partial charge on any atom is -0.507 e. The Morgan fingerprint density at radius 3 is 2.40 bits per heavy atom. The number of amides is 1. The van der Waals surface area contributed by atoms with E-state index >= 15 is 0 Å². The van der Waals surface area contributed by atoms with E-state index in [4.69, 9.17) is 18.9 Å². The van der Waals surface area contributed by atoms with Gasteiger partial charge in [-0.15, -0.1) is 0 Å². The lowest BCUT2D eigenvalue weighted by Crippen LogP contribution is -2.39. The number of carbonyl (C=O) groups excluding carboxylic acids is 2. The quantitative estimate of drug-likeness (QED) is 0.180. The Hall–Kier alpha value is -3.63. The molecule has 1 amide bonds. The first kappa shape index (κ1) is 29.4. The molecule has 0 aliphatic carbocycles. The number of aliphatic hydroxyl groups excluding tert-OH is 1. The number of aliphatic hydroxyl groups is 1. The first-order valence-corrected chi connectivity index (χ1v) is 13.6. The molecule has 2 fully saturated rings. The van der Waals surface area contributed by atoms with Crippen LogP contribution >= 0.6 is 0 Å². The number of carbonyl (C=O) groups is 2. The summed E-state index contributed by atoms with van der Waals surface area (Å²) in [5.74, 6) is -1.71. The van der Waals surface area contributed by atoms with E-state index in [0.717, 1.165) is 38.5 Å². The smallest absolute Gasteiger partial charge is 0.295 e. The fraction of sp³-hybridized carbons (Fsp3) is 0.467. The Morgan fingerprint density at radius 2 is 1.73 bits per heavy atom. The molecule has 40 heavy (non-hydrogen) atoms. The van der Waals surface area contributed by atoms with Crippen molar-refractivity contribution < 1.29 is 38.0 Å². The summed E-state index contributed by atoms with van der Waals surface area (Å²) in [5, 5.41) is 11.3. The second kappa shape index (κ2) is 13.6. The summed E-state index contributed by atoms with van der Waals surface area (Å²) >= 11 is 0. The zero-order valence-electron chi connectivity index (χ0n) is 23.3. The van der Waals surface area contributed by atoms with E-state index < -0.39 is 29.3 Å². The van der Waals surface area contributed by atoms with Crippen LogP contribution in [-0.4, -0.2) is 86.8 Å². The molecule has 2 aliphatic heterocycles. The maximum atomic E-state index is 14.5. The maximum Gasteiger partial charge on any atom is 0.295 e. The second-order valence-electron chi connectivity index (χ2n) is 9.76. The minimum absolute atomic E-state index is 0.0000576. The van der Waals surface area contributed by atoms with E-state index in [-0.39, 0.29) is 23.4 Å². The van der Waals surface area contributed by atoms with E-state index in [1.165, 1.54) is 31.3 Å². The molecule has 0 bridgehead atoms. The van der Waals surface area contributed by atoms with Crippen LogP contribution in [-0.2, 0) is 14.3 Å². The molecule has 2 heterocycles. The fourth-order valence-electron chi connectivity index (χ4n) is 5.02. The van der Waals surface area contributed by atoms with E-state index in [1.807, 2.05) is 0 Å². The Kier molecular flexibility index (Phi) is 10.0. The van der Waals surface area contributed by atoms with Gasteiger partial charge in [-0.1, -0.05) is 19.4 Å². The third-order valence-corrected chi connectivity index (χ3v) is 7.20. The summed E-state index contributed by atoms with van der Waals surface area (Å²) in [5.41, 5.74) is 0.532. The number of likely N-dealkylation sites (tertiary alicyclic amines) is 1. The molecule has 0 spiro atoms. The largest absolute Gasteiger partial charge is 0.507 e. The molecular formula is C30H37FN2O7. The van der Waals surface area contributed by atoms with Crippen molar-refractivity contribution in [3.8, 4) is 17.2 Å². The summed E-state index contributed by atoms with van der Waals surface area (Å²) in [6.45, 7) is 6.55. The van der Waals surface area contributed by atoms with Crippen molar-refractivity contribution in [1.82, 2.24) is 9.80 Å². The van der Waals surface area contributed by atoms with Crippen LogP contribution in [0.25, 0.3) is 5.76 Å². The zero-order chi connectivity index (χ0) is 28.6.